The zero-order valence-electron chi connectivity index (χ0n) is 21.3. The fraction of sp³-hybridized carbons (Fsp3) is 0.259. The van der Waals surface area contributed by atoms with Crippen LogP contribution in [0.2, 0.25) is 0 Å². The van der Waals surface area contributed by atoms with Crippen LogP contribution in [0, 0.1) is 36.5 Å². The van der Waals surface area contributed by atoms with Crippen molar-refractivity contribution in [3.63, 3.8) is 0 Å². The zero-order valence-corrected chi connectivity index (χ0v) is 22.1. The van der Waals surface area contributed by atoms with Crippen molar-refractivity contribution >= 4 is 29.2 Å². The minimum atomic E-state index is -0.164. The van der Waals surface area contributed by atoms with Gasteiger partial charge in [0.15, 0.2) is 11.5 Å². The molecule has 1 aromatic heterocycles. The third-order valence-corrected chi connectivity index (χ3v) is 6.42. The Morgan fingerprint density at radius 1 is 0.973 bits per heavy atom. The maximum absolute atomic E-state index is 12.5. The second kappa shape index (κ2) is 12.0. The van der Waals surface area contributed by atoms with E-state index in [1.54, 1.807) is 12.1 Å². The Kier molecular flexibility index (Phi) is 8.83. The van der Waals surface area contributed by atoms with Gasteiger partial charge < -0.3 is 25.3 Å². The average molecular weight is 518 g/mol. The Bertz CT molecular complexity index is 1380. The van der Waals surface area contributed by atoms with Gasteiger partial charge in [-0.25, -0.2) is 4.98 Å². The number of amides is 1. The molecule has 0 saturated heterocycles. The predicted molar refractivity (Wildman–Crippen MR) is 143 cm³/mol. The molecule has 2 aromatic carbocycles. The molecule has 190 valence electrons. The number of carbonyl (C=O) groups excluding carboxylic acids is 1. The quantitative estimate of drug-likeness (QED) is 0.381. The minimum Gasteiger partial charge on any atom is -0.493 e. The fourth-order valence-corrected chi connectivity index (χ4v) is 4.86. The molecule has 0 bridgehead atoms. The van der Waals surface area contributed by atoms with Crippen LogP contribution in [0.25, 0.3) is 11.1 Å². The molecular formula is C27H27N5O4S. The van der Waals surface area contributed by atoms with Crippen LogP contribution in [0.3, 0.4) is 0 Å². The Hall–Kier alpha value is -4.41. The highest BCUT2D eigenvalue weighted by Gasteiger charge is 2.23. The number of hydrogen-bond donors (Lipinski definition) is 2. The maximum Gasteiger partial charge on any atom is 0.225 e. The number of aromatic nitrogens is 1. The smallest absolute Gasteiger partial charge is 0.225 e. The zero-order chi connectivity index (χ0) is 27.1. The second-order valence-corrected chi connectivity index (χ2v) is 9.17. The topological polar surface area (TPSA) is 143 Å². The van der Waals surface area contributed by atoms with Crippen molar-refractivity contribution in [3.05, 3.63) is 52.6 Å². The van der Waals surface area contributed by atoms with Gasteiger partial charge in [0.1, 0.15) is 28.5 Å². The molecule has 0 unspecified atom stereocenters. The van der Waals surface area contributed by atoms with E-state index in [1.165, 1.54) is 33.1 Å². The highest BCUT2D eigenvalue weighted by Crippen LogP contribution is 2.44. The molecule has 0 aliphatic heterocycles. The molecule has 3 aromatic rings. The van der Waals surface area contributed by atoms with Crippen molar-refractivity contribution in [2.24, 2.45) is 0 Å². The van der Waals surface area contributed by atoms with Crippen molar-refractivity contribution in [3.8, 4) is 40.5 Å². The number of methoxy groups -OCH3 is 3. The van der Waals surface area contributed by atoms with E-state index in [0.717, 1.165) is 16.8 Å². The molecular weight excluding hydrogens is 490 g/mol. The summed E-state index contributed by atoms with van der Waals surface area (Å²) in [7, 11) is 4.43. The van der Waals surface area contributed by atoms with Gasteiger partial charge in [-0.15, -0.1) is 11.8 Å². The number of ether oxygens (including phenoxy) is 3. The average Bonchev–Trinajstić information content (AvgIpc) is 2.86. The monoisotopic (exact) mass is 517 g/mol. The largest absolute Gasteiger partial charge is 0.493 e. The molecule has 0 radical (unpaired) electrons. The number of hydrogen-bond acceptors (Lipinski definition) is 9. The van der Waals surface area contributed by atoms with Gasteiger partial charge in [-0.1, -0.05) is 6.07 Å². The summed E-state index contributed by atoms with van der Waals surface area (Å²) in [5.41, 5.74) is 9.98. The normalized spacial score (nSPS) is 10.2. The van der Waals surface area contributed by atoms with E-state index < -0.39 is 0 Å². The number of thioether (sulfide) groups is 1. The van der Waals surface area contributed by atoms with Crippen LogP contribution in [0.15, 0.2) is 35.4 Å². The molecule has 3 rings (SSSR count). The lowest BCUT2D eigenvalue weighted by atomic mass is 9.96. The van der Waals surface area contributed by atoms with Gasteiger partial charge >= 0.3 is 0 Å². The standard InChI is InChI=1S/C27H27N5O4S/c1-15-8-16(2)10-18(9-15)31-23(33)6-7-37-27-20(14-29)24(19(13-28)26(30)32-27)17-11-21(34-3)25(36-5)22(12-17)35-4/h8-12H,6-7H2,1-5H3,(H2,30,32)(H,31,33). The number of pyridine rings is 1. The first kappa shape index (κ1) is 27.2. The molecule has 0 atom stereocenters. The van der Waals surface area contributed by atoms with Crippen molar-refractivity contribution in [2.45, 2.75) is 25.3 Å². The fourth-order valence-electron chi connectivity index (χ4n) is 3.93. The van der Waals surface area contributed by atoms with Crippen LogP contribution >= 0.6 is 11.8 Å². The molecule has 0 aliphatic rings. The number of nitrogens with two attached hydrogens (primary N) is 1. The van der Waals surface area contributed by atoms with E-state index in [-0.39, 0.29) is 29.3 Å². The minimum absolute atomic E-state index is 0.0209. The number of anilines is 2. The van der Waals surface area contributed by atoms with Crippen molar-refractivity contribution in [1.82, 2.24) is 4.98 Å². The number of carbonyl (C=O) groups is 1. The van der Waals surface area contributed by atoms with Crippen LogP contribution in [-0.4, -0.2) is 38.0 Å². The number of rotatable bonds is 9. The van der Waals surface area contributed by atoms with Crippen LogP contribution in [0.4, 0.5) is 11.5 Å². The summed E-state index contributed by atoms with van der Waals surface area (Å²) in [6.07, 6.45) is 0.184. The lowest BCUT2D eigenvalue weighted by molar-refractivity contribution is -0.115. The van der Waals surface area contributed by atoms with E-state index in [1.807, 2.05) is 32.0 Å². The number of nitrogens with one attached hydrogen (secondary N) is 1. The summed E-state index contributed by atoms with van der Waals surface area (Å²) in [6.45, 7) is 3.93. The number of nitriles is 2. The Labute approximate surface area is 220 Å². The first-order chi connectivity index (χ1) is 17.8. The van der Waals surface area contributed by atoms with E-state index in [9.17, 15) is 15.3 Å². The third kappa shape index (κ3) is 6.05. The van der Waals surface area contributed by atoms with Crippen LogP contribution in [-0.2, 0) is 4.79 Å². The van der Waals surface area contributed by atoms with Crippen LogP contribution in [0.5, 0.6) is 17.2 Å². The first-order valence-electron chi connectivity index (χ1n) is 11.2. The molecule has 1 amide bonds. The van der Waals surface area contributed by atoms with Gasteiger partial charge in [-0.3, -0.25) is 4.79 Å². The van der Waals surface area contributed by atoms with Crippen molar-refractivity contribution in [2.75, 3.05) is 38.1 Å². The Balaban J connectivity index is 1.94. The highest BCUT2D eigenvalue weighted by atomic mass is 32.2. The van der Waals surface area contributed by atoms with E-state index in [0.29, 0.717) is 39.2 Å². The SMILES string of the molecule is COc1cc(-c2c(C#N)c(N)nc(SCCC(=O)Nc3cc(C)cc(C)c3)c2C#N)cc(OC)c1OC. The molecule has 0 spiro atoms. The number of nitrogen functional groups attached to an aromatic ring is 1. The van der Waals surface area contributed by atoms with E-state index in [4.69, 9.17) is 19.9 Å². The van der Waals surface area contributed by atoms with E-state index in [2.05, 4.69) is 22.4 Å². The van der Waals surface area contributed by atoms with Crippen LogP contribution in [0.1, 0.15) is 28.7 Å². The van der Waals surface area contributed by atoms with Crippen molar-refractivity contribution < 1.29 is 19.0 Å². The van der Waals surface area contributed by atoms with Crippen molar-refractivity contribution in [1.29, 1.82) is 10.5 Å². The molecule has 9 nitrogen and oxygen atoms in total. The summed E-state index contributed by atoms with van der Waals surface area (Å²) >= 11 is 1.22. The molecule has 0 saturated carbocycles. The van der Waals surface area contributed by atoms with Gasteiger partial charge in [0.2, 0.25) is 11.7 Å². The molecule has 3 N–H and O–H groups in total. The Morgan fingerprint density at radius 2 is 1.57 bits per heavy atom. The molecule has 10 heteroatoms. The Morgan fingerprint density at radius 3 is 2.08 bits per heavy atom. The molecule has 1 heterocycles. The summed E-state index contributed by atoms with van der Waals surface area (Å²) in [5, 5.41) is 23.1. The number of aryl methyl sites for hydroxylation is 2. The molecule has 37 heavy (non-hydrogen) atoms. The lowest BCUT2D eigenvalue weighted by Crippen LogP contribution is -2.12. The summed E-state index contributed by atoms with van der Waals surface area (Å²) in [6, 6.07) is 13.3. The van der Waals surface area contributed by atoms with Gasteiger partial charge in [-0.2, -0.15) is 10.5 Å². The third-order valence-electron chi connectivity index (χ3n) is 5.44. The second-order valence-electron chi connectivity index (χ2n) is 8.09. The summed E-state index contributed by atoms with van der Waals surface area (Å²) in [4.78, 5) is 16.8. The molecule has 0 fully saturated rings. The first-order valence-corrected chi connectivity index (χ1v) is 12.2. The van der Waals surface area contributed by atoms with Gasteiger partial charge in [0, 0.05) is 23.4 Å². The lowest BCUT2D eigenvalue weighted by Gasteiger charge is -2.17. The van der Waals surface area contributed by atoms with Gasteiger partial charge in [0.25, 0.3) is 0 Å². The predicted octanol–water partition coefficient (Wildman–Crippen LogP) is 4.84. The number of nitrogens with zero attached hydrogens (tertiary/aromatic N) is 3. The van der Waals surface area contributed by atoms with E-state index >= 15 is 0 Å². The number of benzene rings is 2. The highest BCUT2D eigenvalue weighted by molar-refractivity contribution is 7.99. The van der Waals surface area contributed by atoms with Crippen LogP contribution < -0.4 is 25.3 Å². The van der Waals surface area contributed by atoms with Gasteiger partial charge in [-0.05, 0) is 54.8 Å². The maximum atomic E-state index is 12.5. The summed E-state index contributed by atoms with van der Waals surface area (Å²) in [5.74, 6) is 1.25. The molecule has 0 aliphatic carbocycles. The summed E-state index contributed by atoms with van der Waals surface area (Å²) < 4.78 is 16.3. The van der Waals surface area contributed by atoms with Gasteiger partial charge in [0.05, 0.1) is 26.9 Å².